The number of aliphatic hydroxyl groups excluding tert-OH is 3. The molecule has 31 heavy (non-hydrogen) atoms. The molecule has 4 N–H and O–H groups in total. The predicted octanol–water partition coefficient (Wildman–Crippen LogP) is 3.23. The number of aliphatic hydroxyl groups is 3. The predicted molar refractivity (Wildman–Crippen MR) is 116 cm³/mol. The molecule has 2 atom stereocenters. The second kappa shape index (κ2) is 9.48. The third-order valence-corrected chi connectivity index (χ3v) is 6.09. The lowest BCUT2D eigenvalue weighted by atomic mass is 9.87. The van der Waals surface area contributed by atoms with Gasteiger partial charge in [-0.3, -0.25) is 4.98 Å². The maximum atomic E-state index is 15.7. The van der Waals surface area contributed by atoms with Gasteiger partial charge in [0.25, 0.3) is 0 Å². The summed E-state index contributed by atoms with van der Waals surface area (Å²) in [6.45, 7) is 3.40. The van der Waals surface area contributed by atoms with Crippen LogP contribution < -0.4 is 5.32 Å². The summed E-state index contributed by atoms with van der Waals surface area (Å²) in [5.41, 5.74) is 0.887. The van der Waals surface area contributed by atoms with E-state index in [0.717, 1.165) is 5.56 Å². The number of piperidine rings is 1. The number of urea groups is 1. The molecule has 1 aromatic carbocycles. The van der Waals surface area contributed by atoms with Crippen molar-refractivity contribution < 1.29 is 24.5 Å². The Labute approximate surface area is 185 Å². The van der Waals surface area contributed by atoms with Crippen molar-refractivity contribution in [2.24, 2.45) is 0 Å². The van der Waals surface area contributed by atoms with Crippen LogP contribution in [0.1, 0.15) is 41.3 Å². The zero-order chi connectivity index (χ0) is 22.8. The highest BCUT2D eigenvalue weighted by Gasteiger charge is 2.40. The molecule has 7 nitrogen and oxygen atoms in total. The number of anilines is 1. The molecule has 0 unspecified atom stereocenters. The molecule has 1 aromatic heterocycles. The number of benzene rings is 1. The van der Waals surface area contributed by atoms with Crippen molar-refractivity contribution in [2.75, 3.05) is 25.0 Å². The molecule has 0 aliphatic carbocycles. The standard InChI is InChI=1S/C22H27ClFN3O4/c1-13-3-4-16(10-17(13)23)26-21(31)27-7-5-22(24,6-8-27)20-14(2)9-15(11-25-20)19(30)18(29)12-28/h3-4,9-11,18-19,28-30H,5-8,12H2,1-2H3,(H,26,31)/t18-,19-/m0/s1. The van der Waals surface area contributed by atoms with Gasteiger partial charge >= 0.3 is 6.03 Å². The van der Waals surface area contributed by atoms with Gasteiger partial charge in [-0.05, 0) is 43.2 Å². The van der Waals surface area contributed by atoms with Gasteiger partial charge < -0.3 is 25.5 Å². The number of aromatic nitrogens is 1. The van der Waals surface area contributed by atoms with Crippen molar-refractivity contribution in [3.63, 3.8) is 0 Å². The highest BCUT2D eigenvalue weighted by molar-refractivity contribution is 6.31. The number of hydrogen-bond acceptors (Lipinski definition) is 5. The van der Waals surface area contributed by atoms with E-state index in [9.17, 15) is 15.0 Å². The molecule has 2 heterocycles. The molecule has 2 amide bonds. The summed E-state index contributed by atoms with van der Waals surface area (Å²) < 4.78 is 15.7. The van der Waals surface area contributed by atoms with Gasteiger partial charge in [-0.2, -0.15) is 0 Å². The van der Waals surface area contributed by atoms with Gasteiger partial charge in [0.15, 0.2) is 5.67 Å². The smallest absolute Gasteiger partial charge is 0.321 e. The average molecular weight is 452 g/mol. The Hall–Kier alpha value is -2.26. The fourth-order valence-corrected chi connectivity index (χ4v) is 3.90. The van der Waals surface area contributed by atoms with Crippen LogP contribution in [0, 0.1) is 13.8 Å². The fraction of sp³-hybridized carbons (Fsp3) is 0.455. The van der Waals surface area contributed by atoms with E-state index < -0.39 is 24.5 Å². The molecule has 1 aliphatic heterocycles. The van der Waals surface area contributed by atoms with Crippen LogP contribution in [0.2, 0.25) is 5.02 Å². The van der Waals surface area contributed by atoms with Gasteiger partial charge in [0.05, 0.1) is 12.3 Å². The van der Waals surface area contributed by atoms with Gasteiger partial charge in [0, 0.05) is 48.4 Å². The van der Waals surface area contributed by atoms with Crippen LogP contribution in [-0.4, -0.2) is 57.0 Å². The van der Waals surface area contributed by atoms with Crippen LogP contribution in [0.5, 0.6) is 0 Å². The minimum atomic E-state index is -1.70. The van der Waals surface area contributed by atoms with E-state index in [2.05, 4.69) is 10.3 Å². The van der Waals surface area contributed by atoms with Crippen LogP contribution in [0.4, 0.5) is 14.9 Å². The van der Waals surface area contributed by atoms with Crippen molar-refractivity contribution in [1.82, 2.24) is 9.88 Å². The number of pyridine rings is 1. The number of nitrogens with one attached hydrogen (secondary N) is 1. The van der Waals surface area contributed by atoms with E-state index in [1.807, 2.05) is 13.0 Å². The molecular weight excluding hydrogens is 425 g/mol. The fourth-order valence-electron chi connectivity index (χ4n) is 3.72. The molecule has 168 valence electrons. The summed E-state index contributed by atoms with van der Waals surface area (Å²) in [5, 5.41) is 32.0. The highest BCUT2D eigenvalue weighted by Crippen LogP contribution is 2.38. The lowest BCUT2D eigenvalue weighted by Gasteiger charge is -2.36. The molecule has 0 radical (unpaired) electrons. The van der Waals surface area contributed by atoms with E-state index in [1.54, 1.807) is 30.0 Å². The summed E-state index contributed by atoms with van der Waals surface area (Å²) in [6, 6.07) is 6.50. The van der Waals surface area contributed by atoms with Crippen molar-refractivity contribution in [1.29, 1.82) is 0 Å². The lowest BCUT2D eigenvalue weighted by molar-refractivity contribution is -0.0155. The molecule has 1 fully saturated rings. The van der Waals surface area contributed by atoms with Crippen molar-refractivity contribution in [2.45, 2.75) is 44.6 Å². The van der Waals surface area contributed by atoms with E-state index in [1.165, 1.54) is 6.20 Å². The summed E-state index contributed by atoms with van der Waals surface area (Å²) in [4.78, 5) is 18.3. The van der Waals surface area contributed by atoms with Gasteiger partial charge in [-0.25, -0.2) is 9.18 Å². The normalized spacial score (nSPS) is 17.8. The van der Waals surface area contributed by atoms with Gasteiger partial charge in [-0.1, -0.05) is 17.7 Å². The molecule has 0 bridgehead atoms. The third kappa shape index (κ3) is 5.15. The molecular formula is C22H27ClFN3O4. The zero-order valence-corrected chi connectivity index (χ0v) is 18.2. The number of halogens is 2. The monoisotopic (exact) mass is 451 g/mol. The first-order chi connectivity index (χ1) is 14.6. The van der Waals surface area contributed by atoms with Gasteiger partial charge in [0.2, 0.25) is 0 Å². The Morgan fingerprint density at radius 1 is 1.26 bits per heavy atom. The van der Waals surface area contributed by atoms with Crippen LogP contribution in [0.3, 0.4) is 0 Å². The van der Waals surface area contributed by atoms with Crippen molar-refractivity contribution in [3.8, 4) is 0 Å². The van der Waals surface area contributed by atoms with E-state index in [-0.39, 0.29) is 37.7 Å². The van der Waals surface area contributed by atoms with E-state index in [0.29, 0.717) is 21.8 Å². The van der Waals surface area contributed by atoms with Crippen LogP contribution in [-0.2, 0) is 5.67 Å². The number of amides is 2. The summed E-state index contributed by atoms with van der Waals surface area (Å²) >= 11 is 6.10. The third-order valence-electron chi connectivity index (χ3n) is 5.68. The van der Waals surface area contributed by atoms with Crippen molar-refractivity contribution in [3.05, 3.63) is 57.9 Å². The Morgan fingerprint density at radius 3 is 2.52 bits per heavy atom. The van der Waals surface area contributed by atoms with Gasteiger partial charge in [0.1, 0.15) is 12.2 Å². The number of carbonyl (C=O) groups is 1. The quantitative estimate of drug-likeness (QED) is 0.558. The van der Waals surface area contributed by atoms with Gasteiger partial charge in [-0.15, -0.1) is 0 Å². The number of carbonyl (C=O) groups excluding carboxylic acids is 1. The SMILES string of the molecule is Cc1ccc(NC(=O)N2CCC(F)(c3ncc([C@H](O)[C@@H](O)CO)cc3C)CC2)cc1Cl. The Balaban J connectivity index is 1.66. The lowest BCUT2D eigenvalue weighted by Crippen LogP contribution is -2.45. The zero-order valence-electron chi connectivity index (χ0n) is 17.5. The highest BCUT2D eigenvalue weighted by atomic mass is 35.5. The molecule has 1 saturated heterocycles. The topological polar surface area (TPSA) is 106 Å². The minimum Gasteiger partial charge on any atom is -0.394 e. The second-order valence-electron chi connectivity index (χ2n) is 7.98. The van der Waals surface area contributed by atoms with E-state index in [4.69, 9.17) is 16.7 Å². The first-order valence-corrected chi connectivity index (χ1v) is 10.5. The molecule has 0 spiro atoms. The number of likely N-dealkylation sites (tertiary alicyclic amines) is 1. The number of hydrogen-bond donors (Lipinski definition) is 4. The molecule has 0 saturated carbocycles. The second-order valence-corrected chi connectivity index (χ2v) is 8.38. The molecule has 2 aromatic rings. The summed E-state index contributed by atoms with van der Waals surface area (Å²) in [7, 11) is 0. The number of rotatable bonds is 5. The van der Waals surface area contributed by atoms with Crippen LogP contribution in [0.15, 0.2) is 30.5 Å². The van der Waals surface area contributed by atoms with Crippen LogP contribution >= 0.6 is 11.6 Å². The molecule has 1 aliphatic rings. The molecule has 9 heteroatoms. The van der Waals surface area contributed by atoms with Crippen LogP contribution in [0.25, 0.3) is 0 Å². The minimum absolute atomic E-state index is 0.0874. The number of nitrogens with zero attached hydrogens (tertiary/aromatic N) is 2. The first-order valence-electron chi connectivity index (χ1n) is 10.1. The largest absolute Gasteiger partial charge is 0.394 e. The van der Waals surface area contributed by atoms with Crippen molar-refractivity contribution >= 4 is 23.3 Å². The summed E-state index contributed by atoms with van der Waals surface area (Å²) in [6.07, 6.45) is -1.15. The molecule has 3 rings (SSSR count). The Bertz CT molecular complexity index is 950. The summed E-state index contributed by atoms with van der Waals surface area (Å²) in [5.74, 6) is 0. The Kier molecular flexibility index (Phi) is 7.16. The first kappa shape index (κ1) is 23.4. The number of alkyl halides is 1. The Morgan fingerprint density at radius 2 is 1.94 bits per heavy atom. The maximum Gasteiger partial charge on any atom is 0.321 e. The average Bonchev–Trinajstić information content (AvgIpc) is 2.75. The maximum absolute atomic E-state index is 15.7. The number of aryl methyl sites for hydroxylation is 2. The van der Waals surface area contributed by atoms with E-state index >= 15 is 4.39 Å².